The number of hydrogen-bond acceptors (Lipinski definition) is 3. The Morgan fingerprint density at radius 3 is 2.62 bits per heavy atom. The van der Waals surface area contributed by atoms with Crippen molar-refractivity contribution >= 4 is 5.91 Å². The Morgan fingerprint density at radius 2 is 2.19 bits per heavy atom. The molecule has 1 saturated carbocycles. The van der Waals surface area contributed by atoms with Crippen LogP contribution in [0.3, 0.4) is 0 Å². The molecule has 0 saturated heterocycles. The molecule has 0 atom stereocenters. The average molecular weight is 227 g/mol. The molecule has 1 fully saturated rings. The van der Waals surface area contributed by atoms with E-state index in [1.54, 1.807) is 0 Å². The van der Waals surface area contributed by atoms with Crippen molar-refractivity contribution < 1.29 is 4.79 Å². The highest BCUT2D eigenvalue weighted by Gasteiger charge is 2.37. The lowest BCUT2D eigenvalue weighted by Gasteiger charge is -2.40. The van der Waals surface area contributed by atoms with E-state index in [1.165, 1.54) is 6.42 Å². The summed E-state index contributed by atoms with van der Waals surface area (Å²) in [4.78, 5) is 13.9. The first-order chi connectivity index (χ1) is 7.62. The van der Waals surface area contributed by atoms with E-state index in [2.05, 4.69) is 24.2 Å². The van der Waals surface area contributed by atoms with Crippen LogP contribution < -0.4 is 11.1 Å². The lowest BCUT2D eigenvalue weighted by atomic mass is 9.66. The number of hydrogen-bond donors (Lipinski definition) is 2. The van der Waals surface area contributed by atoms with Crippen LogP contribution in [0.25, 0.3) is 0 Å². The van der Waals surface area contributed by atoms with Gasteiger partial charge in [-0.15, -0.1) is 0 Å². The molecule has 0 aromatic rings. The van der Waals surface area contributed by atoms with Crippen LogP contribution in [-0.2, 0) is 4.79 Å². The van der Waals surface area contributed by atoms with E-state index >= 15 is 0 Å². The molecule has 4 nitrogen and oxygen atoms in total. The summed E-state index contributed by atoms with van der Waals surface area (Å²) in [5.74, 6) is 0.162. The Kier molecular flexibility index (Phi) is 5.22. The maximum atomic E-state index is 11.7. The zero-order chi connectivity index (χ0) is 12.0. The molecule has 3 N–H and O–H groups in total. The summed E-state index contributed by atoms with van der Waals surface area (Å²) in [7, 11) is 2.06. The molecule has 0 aromatic carbocycles. The van der Waals surface area contributed by atoms with Gasteiger partial charge in [-0.3, -0.25) is 4.79 Å². The van der Waals surface area contributed by atoms with Gasteiger partial charge in [-0.1, -0.05) is 13.3 Å². The number of carbonyl (C=O) groups is 1. The van der Waals surface area contributed by atoms with E-state index in [4.69, 9.17) is 5.73 Å². The molecule has 0 aromatic heterocycles. The third kappa shape index (κ3) is 3.76. The molecule has 1 rings (SSSR count). The highest BCUT2D eigenvalue weighted by molar-refractivity contribution is 5.76. The Balaban J connectivity index is 2.15. The van der Waals surface area contributed by atoms with Gasteiger partial charge in [-0.2, -0.15) is 0 Å². The Hall–Kier alpha value is -0.610. The molecule has 16 heavy (non-hydrogen) atoms. The molecule has 0 unspecified atom stereocenters. The van der Waals surface area contributed by atoms with Gasteiger partial charge < -0.3 is 16.0 Å². The summed E-state index contributed by atoms with van der Waals surface area (Å²) >= 11 is 0. The predicted molar refractivity (Wildman–Crippen MR) is 66.1 cm³/mol. The Labute approximate surface area is 98.6 Å². The molecule has 0 aliphatic heterocycles. The van der Waals surface area contributed by atoms with E-state index < -0.39 is 0 Å². The van der Waals surface area contributed by atoms with Gasteiger partial charge >= 0.3 is 0 Å². The van der Waals surface area contributed by atoms with Crippen LogP contribution in [0.1, 0.15) is 32.6 Å². The maximum Gasteiger partial charge on any atom is 0.220 e. The third-order valence-electron chi connectivity index (χ3n) is 3.74. The van der Waals surface area contributed by atoms with Crippen LogP contribution in [0.5, 0.6) is 0 Å². The number of nitrogens with two attached hydrogens (primary N) is 1. The quantitative estimate of drug-likeness (QED) is 0.668. The summed E-state index contributed by atoms with van der Waals surface area (Å²) in [6, 6.07) is 0. The number of nitrogens with zero attached hydrogens (tertiary/aromatic N) is 1. The number of nitrogens with one attached hydrogen (secondary N) is 1. The topological polar surface area (TPSA) is 58.4 Å². The van der Waals surface area contributed by atoms with E-state index in [0.29, 0.717) is 13.0 Å². The van der Waals surface area contributed by atoms with Crippen LogP contribution in [0, 0.1) is 5.41 Å². The maximum absolute atomic E-state index is 11.7. The van der Waals surface area contributed by atoms with E-state index in [-0.39, 0.29) is 11.3 Å². The van der Waals surface area contributed by atoms with Crippen molar-refractivity contribution in [2.75, 3.05) is 33.2 Å². The molecule has 0 spiro atoms. The van der Waals surface area contributed by atoms with E-state index in [1.807, 2.05) is 0 Å². The van der Waals surface area contributed by atoms with Gasteiger partial charge in [0.15, 0.2) is 0 Å². The van der Waals surface area contributed by atoms with Gasteiger partial charge in [0.1, 0.15) is 0 Å². The predicted octanol–water partition coefficient (Wildman–Crippen LogP) is 0.573. The fraction of sp³-hybridized carbons (Fsp3) is 0.917. The van der Waals surface area contributed by atoms with Crippen molar-refractivity contribution in [3.8, 4) is 0 Å². The summed E-state index contributed by atoms with van der Waals surface area (Å²) in [6.45, 7) is 5.43. The van der Waals surface area contributed by atoms with Gasteiger partial charge in [0.05, 0.1) is 0 Å². The largest absolute Gasteiger partial charge is 0.355 e. The average Bonchev–Trinajstić information content (AvgIpc) is 2.23. The van der Waals surface area contributed by atoms with Crippen molar-refractivity contribution in [2.24, 2.45) is 11.1 Å². The van der Waals surface area contributed by atoms with E-state index in [9.17, 15) is 4.79 Å². The second kappa shape index (κ2) is 6.21. The number of carbonyl (C=O) groups excluding carboxylic acids is 1. The van der Waals surface area contributed by atoms with E-state index in [0.717, 1.165) is 32.5 Å². The summed E-state index contributed by atoms with van der Waals surface area (Å²) in [5, 5.41) is 2.97. The fourth-order valence-electron chi connectivity index (χ4n) is 2.08. The highest BCUT2D eigenvalue weighted by atomic mass is 16.1. The molecule has 1 amide bonds. The molecular formula is C12H25N3O. The van der Waals surface area contributed by atoms with Crippen molar-refractivity contribution in [2.45, 2.75) is 32.6 Å². The van der Waals surface area contributed by atoms with Crippen LogP contribution in [-0.4, -0.2) is 44.0 Å². The number of amides is 1. The molecular weight excluding hydrogens is 202 g/mol. The fourth-order valence-corrected chi connectivity index (χ4v) is 2.08. The SMILES string of the molecule is CCN(C)CCNC(=O)CC1(CN)CCC1. The Morgan fingerprint density at radius 1 is 1.50 bits per heavy atom. The number of likely N-dealkylation sites (N-methyl/N-ethyl adjacent to an activating group) is 1. The van der Waals surface area contributed by atoms with Gasteiger partial charge in [0.2, 0.25) is 5.91 Å². The molecule has 1 aliphatic carbocycles. The molecule has 4 heteroatoms. The van der Waals surface area contributed by atoms with Crippen molar-refractivity contribution in [3.05, 3.63) is 0 Å². The minimum Gasteiger partial charge on any atom is -0.355 e. The van der Waals surface area contributed by atoms with Crippen molar-refractivity contribution in [3.63, 3.8) is 0 Å². The second-order valence-corrected chi connectivity index (χ2v) is 4.98. The highest BCUT2D eigenvalue weighted by Crippen LogP contribution is 2.42. The first kappa shape index (κ1) is 13.5. The molecule has 94 valence electrons. The first-order valence-electron chi connectivity index (χ1n) is 6.27. The molecule has 0 radical (unpaired) electrons. The normalized spacial score (nSPS) is 18.2. The summed E-state index contributed by atoms with van der Waals surface area (Å²) in [5.41, 5.74) is 5.85. The monoisotopic (exact) mass is 227 g/mol. The molecule has 1 aliphatic rings. The van der Waals surface area contributed by atoms with Crippen LogP contribution >= 0.6 is 0 Å². The van der Waals surface area contributed by atoms with Gasteiger partial charge in [-0.25, -0.2) is 0 Å². The first-order valence-corrected chi connectivity index (χ1v) is 6.27. The van der Waals surface area contributed by atoms with Crippen molar-refractivity contribution in [1.29, 1.82) is 0 Å². The van der Waals surface area contributed by atoms with Crippen LogP contribution in [0.2, 0.25) is 0 Å². The third-order valence-corrected chi connectivity index (χ3v) is 3.74. The smallest absolute Gasteiger partial charge is 0.220 e. The van der Waals surface area contributed by atoms with Crippen LogP contribution in [0.4, 0.5) is 0 Å². The minimum atomic E-state index is 0.126. The Bertz CT molecular complexity index is 221. The van der Waals surface area contributed by atoms with Crippen molar-refractivity contribution in [1.82, 2.24) is 10.2 Å². The van der Waals surface area contributed by atoms with Gasteiger partial charge in [0.25, 0.3) is 0 Å². The summed E-state index contributed by atoms with van der Waals surface area (Å²) in [6.07, 6.45) is 4.07. The minimum absolute atomic E-state index is 0.126. The zero-order valence-corrected chi connectivity index (χ0v) is 10.6. The molecule has 0 bridgehead atoms. The van der Waals surface area contributed by atoms with Gasteiger partial charge in [-0.05, 0) is 38.4 Å². The number of rotatable bonds is 7. The lowest BCUT2D eigenvalue weighted by Crippen LogP contribution is -2.43. The zero-order valence-electron chi connectivity index (χ0n) is 10.6. The second-order valence-electron chi connectivity index (χ2n) is 4.98. The molecule has 0 heterocycles. The lowest BCUT2D eigenvalue weighted by molar-refractivity contribution is -0.124. The van der Waals surface area contributed by atoms with Gasteiger partial charge in [0, 0.05) is 19.5 Å². The summed E-state index contributed by atoms with van der Waals surface area (Å²) < 4.78 is 0. The standard InChI is InChI=1S/C12H25N3O/c1-3-15(2)8-7-14-11(16)9-12(10-13)5-4-6-12/h3-10,13H2,1-2H3,(H,14,16). The van der Waals surface area contributed by atoms with Crippen LogP contribution in [0.15, 0.2) is 0 Å².